The van der Waals surface area contributed by atoms with Gasteiger partial charge in [-0.15, -0.1) is 24.0 Å². The lowest BCUT2D eigenvalue weighted by Crippen LogP contribution is -2.45. The van der Waals surface area contributed by atoms with Crippen LogP contribution < -0.4 is 10.6 Å². The van der Waals surface area contributed by atoms with Gasteiger partial charge in [0.1, 0.15) is 0 Å². The summed E-state index contributed by atoms with van der Waals surface area (Å²) in [5.74, 6) is 2.07. The molecule has 0 amide bonds. The van der Waals surface area contributed by atoms with Gasteiger partial charge < -0.3 is 10.6 Å². The molecule has 1 aliphatic rings. The molecule has 0 heterocycles. The Hall–Kier alpha value is -0.480. The standard InChI is InChI=1S/C20H33N3O2S2.HI/c1-4-21-20(23-17-7-6-8-18(15-17)26-5-2)22-14-13-16-9-11-19(12-10-16)27(3,24)25;/h9-12,17-18H,4-8,13-15H2,1-3H3,(H2,21,22,23);1H. The second kappa shape index (κ2) is 13.0. The first-order valence-electron chi connectivity index (χ1n) is 9.87. The fourth-order valence-electron chi connectivity index (χ4n) is 3.38. The number of aliphatic imine (C=N–C) groups is 1. The molecule has 2 unspecified atom stereocenters. The minimum Gasteiger partial charge on any atom is -0.357 e. The highest BCUT2D eigenvalue weighted by Gasteiger charge is 2.22. The lowest BCUT2D eigenvalue weighted by Gasteiger charge is -2.30. The van der Waals surface area contributed by atoms with Crippen molar-refractivity contribution >= 4 is 51.5 Å². The smallest absolute Gasteiger partial charge is 0.191 e. The summed E-state index contributed by atoms with van der Waals surface area (Å²) < 4.78 is 23.1. The highest BCUT2D eigenvalue weighted by atomic mass is 127. The maximum atomic E-state index is 11.5. The molecule has 1 fully saturated rings. The van der Waals surface area contributed by atoms with Gasteiger partial charge in [-0.1, -0.05) is 25.5 Å². The zero-order chi connectivity index (χ0) is 19.7. The normalized spacial score (nSPS) is 20.3. The molecule has 0 aromatic heterocycles. The number of sulfone groups is 1. The van der Waals surface area contributed by atoms with Crippen LogP contribution in [0.25, 0.3) is 0 Å². The Bertz CT molecular complexity index is 707. The van der Waals surface area contributed by atoms with E-state index in [9.17, 15) is 8.42 Å². The Balaban J connectivity index is 0.00000392. The summed E-state index contributed by atoms with van der Waals surface area (Å²) in [7, 11) is -3.14. The first kappa shape index (κ1) is 25.6. The van der Waals surface area contributed by atoms with Crippen LogP contribution in [0, 0.1) is 0 Å². The van der Waals surface area contributed by atoms with Gasteiger partial charge in [-0.3, -0.25) is 4.99 Å². The summed E-state index contributed by atoms with van der Waals surface area (Å²) in [4.78, 5) is 5.08. The third-order valence-electron chi connectivity index (χ3n) is 4.74. The monoisotopic (exact) mass is 539 g/mol. The van der Waals surface area contributed by atoms with Gasteiger partial charge in [-0.25, -0.2) is 8.42 Å². The second-order valence-electron chi connectivity index (χ2n) is 7.01. The summed E-state index contributed by atoms with van der Waals surface area (Å²) in [6, 6.07) is 7.59. The van der Waals surface area contributed by atoms with Gasteiger partial charge in [0.2, 0.25) is 0 Å². The van der Waals surface area contributed by atoms with Gasteiger partial charge in [-0.05, 0) is 56.1 Å². The predicted molar refractivity (Wildman–Crippen MR) is 132 cm³/mol. The second-order valence-corrected chi connectivity index (χ2v) is 10.6. The van der Waals surface area contributed by atoms with Crippen molar-refractivity contribution in [1.82, 2.24) is 10.6 Å². The van der Waals surface area contributed by atoms with Crippen molar-refractivity contribution in [2.75, 3.05) is 25.1 Å². The maximum absolute atomic E-state index is 11.5. The Morgan fingerprint density at radius 2 is 1.93 bits per heavy atom. The highest BCUT2D eigenvalue weighted by Crippen LogP contribution is 2.28. The number of guanidine groups is 1. The van der Waals surface area contributed by atoms with Crippen molar-refractivity contribution < 1.29 is 8.42 Å². The van der Waals surface area contributed by atoms with E-state index in [0.717, 1.165) is 29.7 Å². The van der Waals surface area contributed by atoms with Gasteiger partial charge in [0.25, 0.3) is 0 Å². The van der Waals surface area contributed by atoms with Gasteiger partial charge in [0, 0.05) is 30.6 Å². The van der Waals surface area contributed by atoms with E-state index in [1.54, 1.807) is 12.1 Å². The molecule has 28 heavy (non-hydrogen) atoms. The summed E-state index contributed by atoms with van der Waals surface area (Å²) in [5.41, 5.74) is 1.10. The highest BCUT2D eigenvalue weighted by molar-refractivity contribution is 14.0. The molecule has 1 aliphatic carbocycles. The molecule has 2 atom stereocenters. The molecular weight excluding hydrogens is 505 g/mol. The largest absolute Gasteiger partial charge is 0.357 e. The Morgan fingerprint density at radius 3 is 2.54 bits per heavy atom. The molecule has 8 heteroatoms. The van der Waals surface area contributed by atoms with E-state index in [4.69, 9.17) is 4.99 Å². The average Bonchev–Trinajstić information content (AvgIpc) is 2.62. The fraction of sp³-hybridized carbons (Fsp3) is 0.650. The summed E-state index contributed by atoms with van der Waals surface area (Å²) >= 11 is 2.07. The molecule has 5 nitrogen and oxygen atoms in total. The molecule has 160 valence electrons. The third kappa shape index (κ3) is 8.90. The summed E-state index contributed by atoms with van der Waals surface area (Å²) in [5, 5.41) is 7.71. The van der Waals surface area contributed by atoms with Crippen LogP contribution in [0.15, 0.2) is 34.2 Å². The van der Waals surface area contributed by atoms with E-state index >= 15 is 0 Å². The molecule has 0 radical (unpaired) electrons. The van der Waals surface area contributed by atoms with Crippen LogP contribution in [-0.2, 0) is 16.3 Å². The lowest BCUT2D eigenvalue weighted by atomic mass is 9.95. The number of hydrogen-bond donors (Lipinski definition) is 2. The number of nitrogens with one attached hydrogen (secondary N) is 2. The molecule has 0 bridgehead atoms. The Morgan fingerprint density at radius 1 is 1.21 bits per heavy atom. The van der Waals surface area contributed by atoms with Crippen LogP contribution in [0.2, 0.25) is 0 Å². The van der Waals surface area contributed by atoms with Gasteiger partial charge in [0.15, 0.2) is 15.8 Å². The van der Waals surface area contributed by atoms with Crippen LogP contribution in [0.4, 0.5) is 0 Å². The van der Waals surface area contributed by atoms with E-state index < -0.39 is 9.84 Å². The van der Waals surface area contributed by atoms with Crippen LogP contribution in [0.3, 0.4) is 0 Å². The molecule has 2 N–H and O–H groups in total. The molecule has 1 saturated carbocycles. The van der Waals surface area contributed by atoms with Crippen LogP contribution >= 0.6 is 35.7 Å². The topological polar surface area (TPSA) is 70.6 Å². The van der Waals surface area contributed by atoms with Crippen molar-refractivity contribution in [3.8, 4) is 0 Å². The van der Waals surface area contributed by atoms with Crippen molar-refractivity contribution in [2.24, 2.45) is 4.99 Å². The number of nitrogens with zero attached hydrogens (tertiary/aromatic N) is 1. The molecule has 0 saturated heterocycles. The number of halogens is 1. The number of rotatable bonds is 8. The minimum absolute atomic E-state index is 0. The fourth-order valence-corrected chi connectivity index (χ4v) is 5.18. The molecule has 0 aliphatic heterocycles. The van der Waals surface area contributed by atoms with E-state index in [1.807, 2.05) is 12.1 Å². The van der Waals surface area contributed by atoms with E-state index in [2.05, 4.69) is 36.2 Å². The lowest BCUT2D eigenvalue weighted by molar-refractivity contribution is 0.419. The van der Waals surface area contributed by atoms with E-state index in [1.165, 1.54) is 37.7 Å². The van der Waals surface area contributed by atoms with Gasteiger partial charge >= 0.3 is 0 Å². The Labute approximate surface area is 191 Å². The number of benzene rings is 1. The maximum Gasteiger partial charge on any atom is 0.191 e. The average molecular weight is 540 g/mol. The quantitative estimate of drug-likeness (QED) is 0.298. The van der Waals surface area contributed by atoms with Crippen molar-refractivity contribution in [3.05, 3.63) is 29.8 Å². The third-order valence-corrected chi connectivity index (χ3v) is 7.10. The van der Waals surface area contributed by atoms with Crippen molar-refractivity contribution in [3.63, 3.8) is 0 Å². The first-order valence-corrected chi connectivity index (χ1v) is 12.8. The summed E-state index contributed by atoms with van der Waals surface area (Å²) in [6.45, 7) is 5.83. The molecule has 2 rings (SSSR count). The van der Waals surface area contributed by atoms with Gasteiger partial charge in [-0.2, -0.15) is 11.8 Å². The first-order chi connectivity index (χ1) is 12.9. The molecule has 1 aromatic carbocycles. The van der Waals surface area contributed by atoms with Crippen LogP contribution in [0.1, 0.15) is 45.1 Å². The Kier molecular flexibility index (Phi) is 11.8. The van der Waals surface area contributed by atoms with Gasteiger partial charge in [0.05, 0.1) is 4.90 Å². The molecule has 1 aromatic rings. The van der Waals surface area contributed by atoms with Crippen LogP contribution in [-0.4, -0.2) is 50.8 Å². The van der Waals surface area contributed by atoms with E-state index in [-0.39, 0.29) is 24.0 Å². The zero-order valence-electron chi connectivity index (χ0n) is 17.1. The minimum atomic E-state index is -3.14. The number of thioether (sulfide) groups is 1. The predicted octanol–water partition coefficient (Wildman–Crippen LogP) is 3.87. The molecular formula is C20H34IN3O2S2. The van der Waals surface area contributed by atoms with Crippen LogP contribution in [0.5, 0.6) is 0 Å². The number of hydrogen-bond acceptors (Lipinski definition) is 4. The zero-order valence-corrected chi connectivity index (χ0v) is 21.1. The SMILES string of the molecule is CCNC(=NCCc1ccc(S(C)(=O)=O)cc1)NC1CCCC(SCC)C1.I. The van der Waals surface area contributed by atoms with Crippen molar-refractivity contribution in [1.29, 1.82) is 0 Å². The summed E-state index contributed by atoms with van der Waals surface area (Å²) in [6.07, 6.45) is 7.04. The van der Waals surface area contributed by atoms with E-state index in [0.29, 0.717) is 17.5 Å². The molecule has 0 spiro atoms. The van der Waals surface area contributed by atoms with Crippen molar-refractivity contribution in [2.45, 2.75) is 62.1 Å².